The molecule has 1 N–H and O–H groups in total. The molecular formula is C11H9F2N3O. The third-order valence-electron chi connectivity index (χ3n) is 2.67. The quantitative estimate of drug-likeness (QED) is 0.783. The molecule has 0 radical (unpaired) electrons. The fraction of sp³-hybridized carbons (Fsp3) is 0.273. The fourth-order valence-corrected chi connectivity index (χ4v) is 2.00. The van der Waals surface area contributed by atoms with Crippen molar-refractivity contribution in [2.45, 2.75) is 6.04 Å². The molecule has 0 aromatic heterocycles. The summed E-state index contributed by atoms with van der Waals surface area (Å²) in [6.07, 6.45) is 0. The van der Waals surface area contributed by atoms with Crippen molar-refractivity contribution >= 4 is 11.6 Å². The van der Waals surface area contributed by atoms with Gasteiger partial charge in [-0.2, -0.15) is 5.26 Å². The highest BCUT2D eigenvalue weighted by molar-refractivity contribution is 6.05. The molecule has 4 nitrogen and oxygen atoms in total. The summed E-state index contributed by atoms with van der Waals surface area (Å²) in [7, 11) is 1.52. The number of fused-ring (bicyclic) bond motifs is 1. The van der Waals surface area contributed by atoms with Crippen LogP contribution in [0.5, 0.6) is 0 Å². The lowest BCUT2D eigenvalue weighted by atomic mass is 10.1. The number of anilines is 1. The van der Waals surface area contributed by atoms with Gasteiger partial charge in [0.2, 0.25) is 5.91 Å². The van der Waals surface area contributed by atoms with E-state index in [2.05, 4.69) is 5.32 Å². The Balaban J connectivity index is 2.61. The first-order valence-electron chi connectivity index (χ1n) is 4.94. The molecule has 2 rings (SSSR count). The van der Waals surface area contributed by atoms with Gasteiger partial charge in [0, 0.05) is 11.6 Å². The van der Waals surface area contributed by atoms with Crippen LogP contribution in [-0.4, -0.2) is 19.5 Å². The second-order valence-electron chi connectivity index (χ2n) is 3.63. The van der Waals surface area contributed by atoms with Crippen molar-refractivity contribution in [2.75, 3.05) is 18.5 Å². The summed E-state index contributed by atoms with van der Waals surface area (Å²) in [4.78, 5) is 12.9. The summed E-state index contributed by atoms with van der Waals surface area (Å²) in [5.41, 5.74) is 0.211. The molecule has 1 aliphatic heterocycles. The lowest BCUT2D eigenvalue weighted by Crippen LogP contribution is -2.33. The summed E-state index contributed by atoms with van der Waals surface area (Å²) in [6, 6.07) is 2.79. The van der Waals surface area contributed by atoms with Crippen LogP contribution in [0.2, 0.25) is 0 Å². The molecule has 0 saturated carbocycles. The number of nitrogens with zero attached hydrogens (tertiary/aromatic N) is 2. The number of hydrogen-bond donors (Lipinski definition) is 1. The summed E-state index contributed by atoms with van der Waals surface area (Å²) in [6.45, 7) is -0.257. The van der Waals surface area contributed by atoms with E-state index in [1.165, 1.54) is 7.05 Å². The van der Waals surface area contributed by atoms with Gasteiger partial charge in [0.1, 0.15) is 24.2 Å². The summed E-state index contributed by atoms with van der Waals surface area (Å²) in [5.74, 6) is -2.02. The molecule has 1 amide bonds. The van der Waals surface area contributed by atoms with Gasteiger partial charge in [-0.05, 0) is 13.1 Å². The number of benzene rings is 1. The second-order valence-corrected chi connectivity index (χ2v) is 3.63. The van der Waals surface area contributed by atoms with E-state index in [9.17, 15) is 13.6 Å². The number of carbonyl (C=O) groups is 1. The van der Waals surface area contributed by atoms with Crippen molar-refractivity contribution in [3.63, 3.8) is 0 Å². The van der Waals surface area contributed by atoms with Crippen LogP contribution in [-0.2, 0) is 4.79 Å². The Labute approximate surface area is 96.4 Å². The minimum atomic E-state index is -0.832. The molecule has 1 unspecified atom stereocenters. The van der Waals surface area contributed by atoms with Crippen LogP contribution < -0.4 is 10.2 Å². The van der Waals surface area contributed by atoms with Crippen LogP contribution in [0.25, 0.3) is 0 Å². The van der Waals surface area contributed by atoms with Crippen LogP contribution in [0.1, 0.15) is 11.6 Å². The normalized spacial score (nSPS) is 18.1. The second kappa shape index (κ2) is 4.11. The number of halogens is 2. The van der Waals surface area contributed by atoms with Gasteiger partial charge in [-0.25, -0.2) is 8.78 Å². The van der Waals surface area contributed by atoms with Crippen LogP contribution >= 0.6 is 0 Å². The molecule has 1 aromatic rings. The molecule has 1 atom stereocenters. The molecule has 1 aliphatic rings. The third-order valence-corrected chi connectivity index (χ3v) is 2.67. The van der Waals surface area contributed by atoms with Gasteiger partial charge >= 0.3 is 0 Å². The van der Waals surface area contributed by atoms with E-state index >= 15 is 0 Å². The minimum absolute atomic E-state index is 0.0164. The van der Waals surface area contributed by atoms with E-state index in [1.54, 1.807) is 6.07 Å². The summed E-state index contributed by atoms with van der Waals surface area (Å²) in [5, 5.41) is 11.3. The van der Waals surface area contributed by atoms with E-state index in [-0.39, 0.29) is 17.8 Å². The third kappa shape index (κ3) is 1.65. The average Bonchev–Trinajstić information content (AvgIpc) is 2.52. The van der Waals surface area contributed by atoms with E-state index in [1.807, 2.05) is 0 Å². The van der Waals surface area contributed by atoms with Gasteiger partial charge < -0.3 is 5.32 Å². The molecule has 0 aliphatic carbocycles. The maximum Gasteiger partial charge on any atom is 0.249 e. The topological polar surface area (TPSA) is 56.1 Å². The minimum Gasteiger partial charge on any atom is -0.305 e. The lowest BCUT2D eigenvalue weighted by molar-refractivity contribution is -0.119. The first-order valence-corrected chi connectivity index (χ1v) is 4.94. The zero-order valence-corrected chi connectivity index (χ0v) is 9.00. The smallest absolute Gasteiger partial charge is 0.249 e. The van der Waals surface area contributed by atoms with Crippen LogP contribution in [0.4, 0.5) is 14.5 Å². The maximum absolute atomic E-state index is 13.6. The Bertz CT molecular complexity index is 524. The number of hydrogen-bond acceptors (Lipinski definition) is 3. The molecule has 1 aromatic carbocycles. The Morgan fingerprint density at radius 3 is 2.82 bits per heavy atom. The highest BCUT2D eigenvalue weighted by Gasteiger charge is 2.38. The number of likely N-dealkylation sites (N-methyl/N-ethyl adjacent to an activating group) is 1. The first kappa shape index (κ1) is 11.5. The van der Waals surface area contributed by atoms with Crippen LogP contribution in [0, 0.1) is 23.0 Å². The lowest BCUT2D eigenvalue weighted by Gasteiger charge is -2.13. The summed E-state index contributed by atoms with van der Waals surface area (Å²) >= 11 is 0. The number of rotatable bonds is 2. The SMILES string of the molecule is CNC1C(=O)N(CC#N)c2c(F)cc(F)cc21. The van der Waals surface area contributed by atoms with Gasteiger partial charge in [-0.3, -0.25) is 9.69 Å². The van der Waals surface area contributed by atoms with Gasteiger partial charge in [0.15, 0.2) is 0 Å². The number of nitriles is 1. The molecule has 17 heavy (non-hydrogen) atoms. The van der Waals surface area contributed by atoms with Crippen LogP contribution in [0.15, 0.2) is 12.1 Å². The van der Waals surface area contributed by atoms with Crippen LogP contribution in [0.3, 0.4) is 0 Å². The highest BCUT2D eigenvalue weighted by atomic mass is 19.1. The maximum atomic E-state index is 13.6. The molecule has 1 heterocycles. The molecule has 0 fully saturated rings. The van der Waals surface area contributed by atoms with E-state index in [4.69, 9.17) is 5.26 Å². The largest absolute Gasteiger partial charge is 0.305 e. The number of amides is 1. The van der Waals surface area contributed by atoms with Gasteiger partial charge in [-0.15, -0.1) is 0 Å². The fourth-order valence-electron chi connectivity index (χ4n) is 2.00. The Hall–Kier alpha value is -2.00. The monoisotopic (exact) mass is 237 g/mol. The highest BCUT2D eigenvalue weighted by Crippen LogP contribution is 2.38. The van der Waals surface area contributed by atoms with Crippen molar-refractivity contribution in [1.82, 2.24) is 5.32 Å². The van der Waals surface area contributed by atoms with Gasteiger partial charge in [0.25, 0.3) is 0 Å². The van der Waals surface area contributed by atoms with Gasteiger partial charge in [0.05, 0.1) is 11.8 Å². The zero-order chi connectivity index (χ0) is 12.6. The number of nitrogens with one attached hydrogen (secondary N) is 1. The Morgan fingerprint density at radius 1 is 1.53 bits per heavy atom. The van der Waals surface area contributed by atoms with Crippen molar-refractivity contribution in [3.05, 3.63) is 29.3 Å². The predicted molar refractivity (Wildman–Crippen MR) is 56.1 cm³/mol. The van der Waals surface area contributed by atoms with Crippen molar-refractivity contribution in [3.8, 4) is 6.07 Å². The number of carbonyl (C=O) groups excluding carboxylic acids is 1. The standard InChI is InChI=1S/C11H9F2N3O/c1-15-9-7-4-6(12)5-8(13)10(7)16(3-2-14)11(9)17/h4-5,9,15H,3H2,1H3. The predicted octanol–water partition coefficient (Wildman–Crippen LogP) is 1.10. The zero-order valence-electron chi connectivity index (χ0n) is 9.00. The molecule has 0 spiro atoms. The Morgan fingerprint density at radius 2 is 2.24 bits per heavy atom. The molecule has 0 bridgehead atoms. The Kier molecular flexibility index (Phi) is 2.77. The van der Waals surface area contributed by atoms with E-state index in [0.717, 1.165) is 11.0 Å². The molecule has 0 saturated heterocycles. The molecular weight excluding hydrogens is 228 g/mol. The first-order chi connectivity index (χ1) is 8.10. The average molecular weight is 237 g/mol. The molecule has 6 heteroatoms. The summed E-state index contributed by atoms with van der Waals surface area (Å²) < 4.78 is 26.7. The van der Waals surface area contributed by atoms with Gasteiger partial charge in [-0.1, -0.05) is 0 Å². The van der Waals surface area contributed by atoms with Crippen molar-refractivity contribution in [2.24, 2.45) is 0 Å². The van der Waals surface area contributed by atoms with E-state index in [0.29, 0.717) is 6.07 Å². The van der Waals surface area contributed by atoms with Crippen molar-refractivity contribution in [1.29, 1.82) is 5.26 Å². The molecule has 88 valence electrons. The van der Waals surface area contributed by atoms with E-state index < -0.39 is 23.6 Å². The van der Waals surface area contributed by atoms with Crippen molar-refractivity contribution < 1.29 is 13.6 Å².